The molecule has 1 aromatic heterocycles. The van der Waals surface area contributed by atoms with Crippen molar-refractivity contribution < 1.29 is 9.31 Å². The number of thiophene rings is 1. The highest BCUT2D eigenvalue weighted by Crippen LogP contribution is 2.37. The van der Waals surface area contributed by atoms with Crippen LogP contribution in [0.4, 0.5) is 0 Å². The predicted octanol–water partition coefficient (Wildman–Crippen LogP) is 5.51. The van der Waals surface area contributed by atoms with E-state index in [0.29, 0.717) is 0 Å². The third-order valence-electron chi connectivity index (χ3n) is 5.25. The quantitative estimate of drug-likeness (QED) is 0.315. The van der Waals surface area contributed by atoms with Gasteiger partial charge < -0.3 is 9.31 Å². The summed E-state index contributed by atoms with van der Waals surface area (Å²) in [5, 5.41) is 0. The normalized spacial score (nSPS) is 18.9. The lowest BCUT2D eigenvalue weighted by atomic mass is 9.88. The highest BCUT2D eigenvalue weighted by molar-refractivity contribution is 7.22. The van der Waals surface area contributed by atoms with E-state index in [0.717, 1.165) is 6.42 Å². The van der Waals surface area contributed by atoms with Crippen LogP contribution in [-0.4, -0.2) is 18.3 Å². The lowest BCUT2D eigenvalue weighted by Gasteiger charge is -2.32. The Morgan fingerprint density at radius 2 is 1.54 bits per heavy atom. The van der Waals surface area contributed by atoms with Gasteiger partial charge in [0.25, 0.3) is 0 Å². The van der Waals surface area contributed by atoms with Gasteiger partial charge in [-0.05, 0) is 59.4 Å². The van der Waals surface area contributed by atoms with Crippen LogP contribution < -0.4 is 4.78 Å². The Labute approximate surface area is 152 Å². The van der Waals surface area contributed by atoms with E-state index >= 15 is 0 Å². The fourth-order valence-corrected chi connectivity index (χ4v) is 3.92. The molecule has 2 heterocycles. The van der Waals surface area contributed by atoms with Crippen LogP contribution in [0, 0.1) is 0 Å². The van der Waals surface area contributed by atoms with Crippen LogP contribution in [-0.2, 0) is 15.7 Å². The summed E-state index contributed by atoms with van der Waals surface area (Å²) in [6, 6.07) is 4.42. The molecule has 134 valence electrons. The van der Waals surface area contributed by atoms with E-state index in [1.807, 2.05) is 17.4 Å². The lowest BCUT2D eigenvalue weighted by Crippen LogP contribution is -2.41. The van der Waals surface area contributed by atoms with Gasteiger partial charge in [-0.1, -0.05) is 37.8 Å². The summed E-state index contributed by atoms with van der Waals surface area (Å²) in [7, 11) is -0.210. The second-order valence-electron chi connectivity index (χ2n) is 7.84. The van der Waals surface area contributed by atoms with Gasteiger partial charge >= 0.3 is 7.12 Å². The van der Waals surface area contributed by atoms with Crippen LogP contribution in [0.1, 0.15) is 77.5 Å². The molecule has 1 saturated heterocycles. The fourth-order valence-electron chi connectivity index (χ4n) is 2.91. The van der Waals surface area contributed by atoms with Gasteiger partial charge in [0.2, 0.25) is 0 Å². The van der Waals surface area contributed by atoms with Gasteiger partial charge in [0.1, 0.15) is 0 Å². The predicted molar refractivity (Wildman–Crippen MR) is 106 cm³/mol. The summed E-state index contributed by atoms with van der Waals surface area (Å²) in [6.45, 7) is 12.2. The maximum absolute atomic E-state index is 6.13. The molecule has 0 aromatic carbocycles. The second kappa shape index (κ2) is 8.69. The van der Waals surface area contributed by atoms with E-state index in [4.69, 9.17) is 9.31 Å². The zero-order chi connectivity index (χ0) is 17.6. The van der Waals surface area contributed by atoms with Crippen LogP contribution in [0.3, 0.4) is 0 Å². The minimum Gasteiger partial charge on any atom is -0.399 e. The molecule has 0 bridgehead atoms. The number of rotatable bonds is 10. The van der Waals surface area contributed by atoms with Crippen molar-refractivity contribution in [3.63, 3.8) is 0 Å². The Bertz CT molecular complexity index is 505. The van der Waals surface area contributed by atoms with Crippen LogP contribution in [0.25, 0.3) is 0 Å². The molecule has 4 heteroatoms. The van der Waals surface area contributed by atoms with E-state index in [-0.39, 0.29) is 18.3 Å². The molecule has 0 aliphatic carbocycles. The zero-order valence-electron chi connectivity index (χ0n) is 15.9. The van der Waals surface area contributed by atoms with Gasteiger partial charge in [0.15, 0.2) is 0 Å². The molecule has 1 aliphatic rings. The van der Waals surface area contributed by atoms with Crippen LogP contribution in [0.15, 0.2) is 24.8 Å². The van der Waals surface area contributed by atoms with Crippen molar-refractivity contribution in [1.29, 1.82) is 0 Å². The number of aryl methyl sites for hydroxylation is 1. The number of hydrogen-bond acceptors (Lipinski definition) is 3. The molecule has 2 rings (SSSR count). The SMILES string of the molecule is C=CCCCCCCCCc1ccc(B2OC(C)(C)C(C)(C)O2)s1. The molecule has 1 aliphatic heterocycles. The third-order valence-corrected chi connectivity index (χ3v) is 6.42. The van der Waals surface area contributed by atoms with Crippen molar-refractivity contribution >= 4 is 23.2 Å². The molecular weight excluding hydrogens is 315 g/mol. The molecule has 0 N–H and O–H groups in total. The first-order chi connectivity index (χ1) is 11.4. The zero-order valence-corrected chi connectivity index (χ0v) is 16.7. The first-order valence-corrected chi connectivity index (χ1v) is 10.2. The molecule has 0 saturated carbocycles. The Morgan fingerprint density at radius 1 is 0.958 bits per heavy atom. The van der Waals surface area contributed by atoms with E-state index in [1.54, 1.807) is 0 Å². The molecule has 0 atom stereocenters. The smallest absolute Gasteiger partial charge is 0.399 e. The Kier molecular flexibility index (Phi) is 7.15. The Hall–Kier alpha value is -0.575. The number of hydrogen-bond donors (Lipinski definition) is 0. The molecule has 1 aromatic rings. The molecular formula is C20H33BO2S. The third kappa shape index (κ3) is 5.21. The average Bonchev–Trinajstić information content (AvgIpc) is 3.05. The topological polar surface area (TPSA) is 18.5 Å². The summed E-state index contributed by atoms with van der Waals surface area (Å²) in [6.07, 6.45) is 12.3. The number of unbranched alkanes of at least 4 members (excludes halogenated alkanes) is 6. The Balaban J connectivity index is 1.70. The summed E-state index contributed by atoms with van der Waals surface area (Å²) < 4.78 is 13.5. The van der Waals surface area contributed by atoms with Crippen LogP contribution in [0.2, 0.25) is 0 Å². The van der Waals surface area contributed by atoms with Crippen molar-refractivity contribution in [2.45, 2.75) is 90.3 Å². The number of allylic oxidation sites excluding steroid dienone is 1. The van der Waals surface area contributed by atoms with Crippen LogP contribution >= 0.6 is 11.3 Å². The van der Waals surface area contributed by atoms with Crippen molar-refractivity contribution in [3.8, 4) is 0 Å². The Morgan fingerprint density at radius 3 is 2.17 bits per heavy atom. The lowest BCUT2D eigenvalue weighted by molar-refractivity contribution is 0.00578. The molecule has 0 spiro atoms. The van der Waals surface area contributed by atoms with Gasteiger partial charge in [-0.3, -0.25) is 0 Å². The first kappa shape index (κ1) is 19.7. The van der Waals surface area contributed by atoms with Gasteiger partial charge in [-0.15, -0.1) is 17.9 Å². The van der Waals surface area contributed by atoms with Gasteiger partial charge in [0, 0.05) is 9.65 Å². The summed E-state index contributed by atoms with van der Waals surface area (Å²) in [4.78, 5) is 1.45. The fraction of sp³-hybridized carbons (Fsp3) is 0.700. The van der Waals surface area contributed by atoms with E-state index < -0.39 is 0 Å². The molecule has 2 nitrogen and oxygen atoms in total. The van der Waals surface area contributed by atoms with Crippen molar-refractivity contribution in [2.75, 3.05) is 0 Å². The average molecular weight is 348 g/mol. The maximum Gasteiger partial charge on any atom is 0.505 e. The second-order valence-corrected chi connectivity index (χ2v) is 9.04. The first-order valence-electron chi connectivity index (χ1n) is 9.41. The van der Waals surface area contributed by atoms with E-state index in [9.17, 15) is 0 Å². The van der Waals surface area contributed by atoms with Gasteiger partial charge in [0.05, 0.1) is 11.2 Å². The maximum atomic E-state index is 6.13. The van der Waals surface area contributed by atoms with E-state index in [2.05, 4.69) is 46.4 Å². The molecule has 0 amide bonds. The largest absolute Gasteiger partial charge is 0.505 e. The summed E-state index contributed by atoms with van der Waals surface area (Å²) >= 11 is 1.85. The standard InChI is InChI=1S/C20H33BO2S/c1-6-7-8-9-10-11-12-13-14-17-15-16-18(24-17)21-22-19(2,3)20(4,5)23-21/h6,15-16H,1,7-14H2,2-5H3. The van der Waals surface area contributed by atoms with E-state index in [1.165, 1.54) is 54.6 Å². The van der Waals surface area contributed by atoms with Crippen molar-refractivity contribution in [2.24, 2.45) is 0 Å². The summed E-state index contributed by atoms with van der Waals surface area (Å²) in [5.41, 5.74) is -0.513. The highest BCUT2D eigenvalue weighted by atomic mass is 32.1. The molecule has 0 unspecified atom stereocenters. The van der Waals surface area contributed by atoms with Crippen LogP contribution in [0.5, 0.6) is 0 Å². The van der Waals surface area contributed by atoms with Crippen molar-refractivity contribution in [3.05, 3.63) is 29.7 Å². The monoisotopic (exact) mass is 348 g/mol. The van der Waals surface area contributed by atoms with Gasteiger partial charge in [-0.25, -0.2) is 0 Å². The summed E-state index contributed by atoms with van der Waals surface area (Å²) in [5.74, 6) is 0. The molecule has 1 fully saturated rings. The minimum absolute atomic E-state index is 0.210. The highest BCUT2D eigenvalue weighted by Gasteiger charge is 2.52. The molecule has 24 heavy (non-hydrogen) atoms. The minimum atomic E-state index is -0.257. The molecule has 0 radical (unpaired) electrons. The van der Waals surface area contributed by atoms with Gasteiger partial charge in [-0.2, -0.15) is 0 Å². The van der Waals surface area contributed by atoms with Crippen molar-refractivity contribution in [1.82, 2.24) is 0 Å².